The molecule has 2 N–H and O–H groups in total. The molecule has 0 radical (unpaired) electrons. The van der Waals surface area contributed by atoms with Crippen molar-refractivity contribution in [1.29, 1.82) is 0 Å². The van der Waals surface area contributed by atoms with E-state index in [1.54, 1.807) is 6.20 Å². The Morgan fingerprint density at radius 1 is 1.29 bits per heavy atom. The molecule has 2 aliphatic rings. The number of aliphatic imine (C=N–C) groups is 1. The molecule has 0 bridgehead atoms. The Morgan fingerprint density at radius 3 is 2.90 bits per heavy atom. The van der Waals surface area contributed by atoms with Crippen molar-refractivity contribution in [1.82, 2.24) is 20.5 Å². The molecule has 5 heteroatoms. The van der Waals surface area contributed by atoms with Crippen molar-refractivity contribution >= 4 is 11.8 Å². The van der Waals surface area contributed by atoms with Gasteiger partial charge in [-0.2, -0.15) is 0 Å². The number of allylic oxidation sites excluding steroid dienone is 1. The normalized spacial score (nSPS) is 22.1. The number of hydrogen-bond donors (Lipinski definition) is 2. The number of aromatic nitrogens is 1. The third-order valence-electron chi connectivity index (χ3n) is 3.91. The highest BCUT2D eigenvalue weighted by atomic mass is 15.2. The lowest BCUT2D eigenvalue weighted by Gasteiger charge is -2.20. The summed E-state index contributed by atoms with van der Waals surface area (Å²) in [5.74, 6) is 0. The highest BCUT2D eigenvalue weighted by molar-refractivity contribution is 6.09. The van der Waals surface area contributed by atoms with E-state index in [1.165, 1.54) is 38.9 Å². The third-order valence-corrected chi connectivity index (χ3v) is 3.91. The maximum absolute atomic E-state index is 4.49. The Bertz CT molecular complexity index is 491. The summed E-state index contributed by atoms with van der Waals surface area (Å²) >= 11 is 0. The first-order chi connectivity index (χ1) is 10.4. The lowest BCUT2D eigenvalue weighted by atomic mass is 10.2. The SMILES string of the molecule is C1=NC(NCCCN2CCCC2)NC=C1c1ccccn1. The summed E-state index contributed by atoms with van der Waals surface area (Å²) < 4.78 is 0. The van der Waals surface area contributed by atoms with Gasteiger partial charge >= 0.3 is 0 Å². The maximum atomic E-state index is 4.49. The van der Waals surface area contributed by atoms with Gasteiger partial charge in [0.05, 0.1) is 5.69 Å². The molecule has 1 unspecified atom stereocenters. The lowest BCUT2D eigenvalue weighted by molar-refractivity contribution is 0.326. The van der Waals surface area contributed by atoms with E-state index in [1.807, 2.05) is 30.6 Å². The van der Waals surface area contributed by atoms with Crippen molar-refractivity contribution in [3.63, 3.8) is 0 Å². The second kappa shape index (κ2) is 7.33. The van der Waals surface area contributed by atoms with Gasteiger partial charge in [0.25, 0.3) is 0 Å². The molecule has 1 aromatic rings. The Morgan fingerprint density at radius 2 is 2.19 bits per heavy atom. The van der Waals surface area contributed by atoms with Gasteiger partial charge in [0.1, 0.15) is 0 Å². The maximum Gasteiger partial charge on any atom is 0.173 e. The smallest absolute Gasteiger partial charge is 0.173 e. The average Bonchev–Trinajstić information content (AvgIpc) is 3.06. The van der Waals surface area contributed by atoms with Crippen LogP contribution in [0.4, 0.5) is 0 Å². The van der Waals surface area contributed by atoms with Gasteiger partial charge in [-0.1, -0.05) is 6.07 Å². The topological polar surface area (TPSA) is 52.6 Å². The van der Waals surface area contributed by atoms with Gasteiger partial charge in [-0.25, -0.2) is 0 Å². The number of nitrogens with one attached hydrogen (secondary N) is 2. The Hall–Kier alpha value is -1.72. The molecular weight excluding hydrogens is 262 g/mol. The minimum atomic E-state index is -0.0176. The average molecular weight is 285 g/mol. The van der Waals surface area contributed by atoms with E-state index in [0.717, 1.165) is 17.8 Å². The molecule has 1 atom stereocenters. The molecule has 21 heavy (non-hydrogen) atoms. The van der Waals surface area contributed by atoms with E-state index in [0.29, 0.717) is 0 Å². The summed E-state index contributed by atoms with van der Waals surface area (Å²) in [6.45, 7) is 4.72. The summed E-state index contributed by atoms with van der Waals surface area (Å²) in [6.07, 6.45) is 9.55. The van der Waals surface area contributed by atoms with Crippen LogP contribution < -0.4 is 10.6 Å². The standard InChI is InChI=1S/C16H23N5/c1-2-7-17-15(6-1)14-12-19-16(20-13-14)18-8-5-11-21-9-3-4-10-21/h1-2,6-7,12-13,16,18-19H,3-5,8-11H2. The summed E-state index contributed by atoms with van der Waals surface area (Å²) in [5.41, 5.74) is 1.96. The highest BCUT2D eigenvalue weighted by Gasteiger charge is 2.12. The zero-order valence-electron chi connectivity index (χ0n) is 12.3. The van der Waals surface area contributed by atoms with Crippen LogP contribution in [0.1, 0.15) is 25.0 Å². The molecule has 0 amide bonds. The van der Waals surface area contributed by atoms with Crippen LogP contribution in [0.15, 0.2) is 35.6 Å². The van der Waals surface area contributed by atoms with Crippen molar-refractivity contribution in [3.05, 3.63) is 36.3 Å². The predicted molar refractivity (Wildman–Crippen MR) is 85.9 cm³/mol. The van der Waals surface area contributed by atoms with Gasteiger partial charge in [0.2, 0.25) is 0 Å². The third kappa shape index (κ3) is 4.12. The van der Waals surface area contributed by atoms with Crippen LogP contribution in [-0.4, -0.2) is 48.6 Å². The Labute approximate surface area is 126 Å². The van der Waals surface area contributed by atoms with E-state index < -0.39 is 0 Å². The summed E-state index contributed by atoms with van der Waals surface area (Å²) in [6, 6.07) is 5.89. The Kier molecular flexibility index (Phi) is 4.97. The fourth-order valence-electron chi connectivity index (χ4n) is 2.74. The fourth-order valence-corrected chi connectivity index (χ4v) is 2.74. The van der Waals surface area contributed by atoms with E-state index >= 15 is 0 Å². The first kappa shape index (κ1) is 14.2. The molecule has 1 aromatic heterocycles. The van der Waals surface area contributed by atoms with Gasteiger partial charge in [0.15, 0.2) is 6.29 Å². The second-order valence-electron chi connectivity index (χ2n) is 5.52. The van der Waals surface area contributed by atoms with Crippen LogP contribution in [0.25, 0.3) is 5.57 Å². The van der Waals surface area contributed by atoms with E-state index in [9.17, 15) is 0 Å². The lowest BCUT2D eigenvalue weighted by Crippen LogP contribution is -2.41. The molecule has 0 aliphatic carbocycles. The number of nitrogens with zero attached hydrogens (tertiary/aromatic N) is 3. The number of rotatable bonds is 6. The second-order valence-corrected chi connectivity index (χ2v) is 5.52. The zero-order chi connectivity index (χ0) is 14.3. The first-order valence-electron chi connectivity index (χ1n) is 7.78. The molecule has 112 valence electrons. The molecule has 1 fully saturated rings. The van der Waals surface area contributed by atoms with Crippen molar-refractivity contribution in [2.45, 2.75) is 25.6 Å². The van der Waals surface area contributed by atoms with Crippen LogP contribution in [-0.2, 0) is 0 Å². The molecule has 0 spiro atoms. The number of hydrogen-bond acceptors (Lipinski definition) is 5. The predicted octanol–water partition coefficient (Wildman–Crippen LogP) is 1.46. The first-order valence-corrected chi connectivity index (χ1v) is 7.78. The van der Waals surface area contributed by atoms with Crippen molar-refractivity contribution in [2.75, 3.05) is 26.2 Å². The summed E-state index contributed by atoms with van der Waals surface area (Å²) in [7, 11) is 0. The van der Waals surface area contributed by atoms with E-state index in [-0.39, 0.29) is 6.29 Å². The van der Waals surface area contributed by atoms with Crippen molar-refractivity contribution in [3.8, 4) is 0 Å². The monoisotopic (exact) mass is 285 g/mol. The molecule has 3 rings (SSSR count). The van der Waals surface area contributed by atoms with Crippen LogP contribution in [0.2, 0.25) is 0 Å². The van der Waals surface area contributed by atoms with Gasteiger partial charge in [-0.15, -0.1) is 0 Å². The number of likely N-dealkylation sites (tertiary alicyclic amines) is 1. The molecule has 0 saturated carbocycles. The molecule has 1 saturated heterocycles. The van der Waals surface area contributed by atoms with Crippen molar-refractivity contribution in [2.24, 2.45) is 4.99 Å². The van der Waals surface area contributed by atoms with Crippen molar-refractivity contribution < 1.29 is 0 Å². The highest BCUT2D eigenvalue weighted by Crippen LogP contribution is 2.10. The van der Waals surface area contributed by atoms with E-state index in [4.69, 9.17) is 0 Å². The van der Waals surface area contributed by atoms with Gasteiger partial charge in [-0.05, 0) is 57.6 Å². The molecule has 3 heterocycles. The largest absolute Gasteiger partial charge is 0.357 e. The van der Waals surface area contributed by atoms with Crippen LogP contribution in [0, 0.1) is 0 Å². The van der Waals surface area contributed by atoms with Gasteiger partial charge in [0, 0.05) is 24.2 Å². The van der Waals surface area contributed by atoms with Crippen LogP contribution in [0.3, 0.4) is 0 Å². The number of pyridine rings is 1. The quantitative estimate of drug-likeness (QED) is 0.777. The molecular formula is C16H23N5. The van der Waals surface area contributed by atoms with Crippen LogP contribution in [0.5, 0.6) is 0 Å². The Balaban J connectivity index is 1.38. The molecule has 2 aliphatic heterocycles. The van der Waals surface area contributed by atoms with Gasteiger partial charge in [-0.3, -0.25) is 15.3 Å². The van der Waals surface area contributed by atoms with E-state index in [2.05, 4.69) is 25.5 Å². The minimum Gasteiger partial charge on any atom is -0.357 e. The van der Waals surface area contributed by atoms with Gasteiger partial charge < -0.3 is 10.2 Å². The minimum absolute atomic E-state index is 0.0176. The molecule has 0 aromatic carbocycles. The fraction of sp³-hybridized carbons (Fsp3) is 0.500. The van der Waals surface area contributed by atoms with Crippen LogP contribution >= 0.6 is 0 Å². The summed E-state index contributed by atoms with van der Waals surface area (Å²) in [4.78, 5) is 11.3. The summed E-state index contributed by atoms with van der Waals surface area (Å²) in [5, 5.41) is 6.69. The molecule has 5 nitrogen and oxygen atoms in total. The zero-order valence-corrected chi connectivity index (χ0v) is 12.3.